The number of carboxylic acids is 1. The molecule has 1 unspecified atom stereocenters. The van der Waals surface area contributed by atoms with Crippen molar-refractivity contribution in [3.8, 4) is 5.69 Å². The van der Waals surface area contributed by atoms with Crippen LogP contribution in [0.15, 0.2) is 24.3 Å². The van der Waals surface area contributed by atoms with E-state index in [2.05, 4.69) is 10.3 Å². The molecule has 2 aromatic rings. The topological polar surface area (TPSA) is 131 Å². The number of hydrogen-bond acceptors (Lipinski definition) is 6. The number of rotatable bonds is 4. The number of nitrogens with zero attached hydrogens (tertiary/aromatic N) is 5. The number of nitro groups is 1. The molecule has 0 aliphatic carbocycles. The molecule has 0 saturated carbocycles. The lowest BCUT2D eigenvalue weighted by Gasteiger charge is -2.14. The van der Waals surface area contributed by atoms with Crippen LogP contribution in [0.2, 0.25) is 0 Å². The Morgan fingerprint density at radius 3 is 2.80 bits per heavy atom. The minimum absolute atomic E-state index is 0.0934. The molecule has 2 heterocycles. The highest BCUT2D eigenvalue weighted by molar-refractivity contribution is 5.94. The Bertz CT molecular complexity index is 862. The molecule has 1 amide bonds. The van der Waals surface area contributed by atoms with Crippen molar-refractivity contribution in [1.29, 1.82) is 0 Å². The summed E-state index contributed by atoms with van der Waals surface area (Å²) in [7, 11) is 0. The number of carbonyl (C=O) groups excluding carboxylic acids is 1. The average molecular weight is 345 g/mol. The molecule has 1 aromatic carbocycles. The van der Waals surface area contributed by atoms with Gasteiger partial charge in [0.25, 0.3) is 11.6 Å². The molecule has 0 spiro atoms. The third-order valence-electron chi connectivity index (χ3n) is 4.21. The summed E-state index contributed by atoms with van der Waals surface area (Å²) in [5, 5.41) is 27.7. The maximum absolute atomic E-state index is 12.6. The molecule has 1 aromatic heterocycles. The first kappa shape index (κ1) is 16.6. The number of carboxylic acid groups (broad SMARTS) is 1. The summed E-state index contributed by atoms with van der Waals surface area (Å²) in [5.41, 5.74) is 0.869. The predicted octanol–water partition coefficient (Wildman–Crippen LogP) is 1.03. The van der Waals surface area contributed by atoms with E-state index in [4.69, 9.17) is 5.11 Å². The summed E-state index contributed by atoms with van der Waals surface area (Å²) in [5.74, 6) is -1.89. The summed E-state index contributed by atoms with van der Waals surface area (Å²) in [6, 6.07) is 5.84. The molecule has 1 aliphatic heterocycles. The smallest absolute Gasteiger partial charge is 0.308 e. The average Bonchev–Trinajstić information content (AvgIpc) is 3.21. The Morgan fingerprint density at radius 2 is 2.16 bits per heavy atom. The molecule has 25 heavy (non-hydrogen) atoms. The minimum Gasteiger partial charge on any atom is -0.481 e. The van der Waals surface area contributed by atoms with Gasteiger partial charge in [0.2, 0.25) is 0 Å². The minimum atomic E-state index is -0.924. The van der Waals surface area contributed by atoms with Crippen LogP contribution in [0, 0.1) is 23.0 Å². The Kier molecular flexibility index (Phi) is 4.17. The van der Waals surface area contributed by atoms with E-state index < -0.39 is 22.7 Å². The molecule has 10 nitrogen and oxygen atoms in total. The Labute approximate surface area is 141 Å². The second-order valence-electron chi connectivity index (χ2n) is 5.79. The van der Waals surface area contributed by atoms with Crippen LogP contribution in [0.1, 0.15) is 22.6 Å². The second-order valence-corrected chi connectivity index (χ2v) is 5.79. The van der Waals surface area contributed by atoms with Crippen molar-refractivity contribution in [2.45, 2.75) is 13.3 Å². The Morgan fingerprint density at radius 1 is 1.40 bits per heavy atom. The van der Waals surface area contributed by atoms with Crippen molar-refractivity contribution in [2.24, 2.45) is 5.92 Å². The predicted molar refractivity (Wildman–Crippen MR) is 84.4 cm³/mol. The summed E-state index contributed by atoms with van der Waals surface area (Å²) in [4.78, 5) is 35.4. The zero-order valence-electron chi connectivity index (χ0n) is 13.3. The third kappa shape index (κ3) is 3.05. The monoisotopic (exact) mass is 345 g/mol. The molecule has 10 heteroatoms. The summed E-state index contributed by atoms with van der Waals surface area (Å²) in [6.07, 6.45) is 0.402. The van der Waals surface area contributed by atoms with Crippen molar-refractivity contribution >= 4 is 17.6 Å². The molecular formula is C15H15N5O5. The lowest BCUT2D eigenvalue weighted by molar-refractivity contribution is -0.384. The number of non-ortho nitro benzene ring substituents is 1. The second kappa shape index (κ2) is 6.30. The van der Waals surface area contributed by atoms with E-state index in [0.29, 0.717) is 24.3 Å². The molecule has 1 fully saturated rings. The SMILES string of the molecule is Cc1c(C(=O)N2CCC(C(=O)O)C2)nnn1-c1cccc([N+](=O)[O-])c1. The fraction of sp³-hybridized carbons (Fsp3) is 0.333. The fourth-order valence-corrected chi connectivity index (χ4v) is 2.81. The lowest BCUT2D eigenvalue weighted by atomic mass is 10.1. The van der Waals surface area contributed by atoms with Crippen molar-refractivity contribution in [3.63, 3.8) is 0 Å². The summed E-state index contributed by atoms with van der Waals surface area (Å²) >= 11 is 0. The fourth-order valence-electron chi connectivity index (χ4n) is 2.81. The molecule has 1 aliphatic rings. The number of carbonyl (C=O) groups is 2. The Balaban J connectivity index is 1.87. The highest BCUT2D eigenvalue weighted by Crippen LogP contribution is 2.22. The largest absolute Gasteiger partial charge is 0.481 e. The molecule has 1 saturated heterocycles. The highest BCUT2D eigenvalue weighted by atomic mass is 16.6. The van der Waals surface area contributed by atoms with Crippen molar-refractivity contribution in [1.82, 2.24) is 19.9 Å². The van der Waals surface area contributed by atoms with E-state index in [1.807, 2.05) is 0 Å². The molecule has 1 atom stereocenters. The van der Waals surface area contributed by atoms with Crippen LogP contribution in [0.4, 0.5) is 5.69 Å². The molecular weight excluding hydrogens is 330 g/mol. The maximum Gasteiger partial charge on any atom is 0.308 e. The maximum atomic E-state index is 12.6. The molecule has 130 valence electrons. The number of aromatic nitrogens is 3. The van der Waals surface area contributed by atoms with Crippen LogP contribution in [-0.4, -0.2) is 54.9 Å². The van der Waals surface area contributed by atoms with Gasteiger partial charge in [0.05, 0.1) is 22.2 Å². The Hall–Kier alpha value is -3.30. The van der Waals surface area contributed by atoms with Gasteiger partial charge in [0.15, 0.2) is 5.69 Å². The van der Waals surface area contributed by atoms with Gasteiger partial charge in [-0.25, -0.2) is 4.68 Å². The van der Waals surface area contributed by atoms with Crippen LogP contribution in [-0.2, 0) is 4.79 Å². The number of aliphatic carboxylic acids is 1. The van der Waals surface area contributed by atoms with Crippen molar-refractivity contribution in [2.75, 3.05) is 13.1 Å². The standard InChI is InChI=1S/C15H15N5O5/c1-9-13(14(21)18-6-5-10(8-18)15(22)23)16-17-19(9)11-3-2-4-12(7-11)20(24)25/h2-4,7,10H,5-6,8H2,1H3,(H,22,23). The molecule has 0 radical (unpaired) electrons. The number of hydrogen-bond donors (Lipinski definition) is 1. The van der Waals surface area contributed by atoms with Crippen LogP contribution in [0.25, 0.3) is 5.69 Å². The van der Waals surface area contributed by atoms with Gasteiger partial charge in [-0.3, -0.25) is 19.7 Å². The van der Waals surface area contributed by atoms with E-state index >= 15 is 0 Å². The first-order valence-electron chi connectivity index (χ1n) is 7.57. The highest BCUT2D eigenvalue weighted by Gasteiger charge is 2.33. The van der Waals surface area contributed by atoms with Gasteiger partial charge in [-0.05, 0) is 19.4 Å². The van der Waals surface area contributed by atoms with Gasteiger partial charge < -0.3 is 10.0 Å². The van der Waals surface area contributed by atoms with Gasteiger partial charge in [0.1, 0.15) is 0 Å². The van der Waals surface area contributed by atoms with Crippen LogP contribution < -0.4 is 0 Å². The molecule has 1 N–H and O–H groups in total. The summed E-state index contributed by atoms with van der Waals surface area (Å²) < 4.78 is 1.35. The van der Waals surface area contributed by atoms with Gasteiger partial charge in [-0.15, -0.1) is 5.10 Å². The van der Waals surface area contributed by atoms with E-state index in [9.17, 15) is 19.7 Å². The van der Waals surface area contributed by atoms with Crippen LogP contribution in [0.3, 0.4) is 0 Å². The molecule has 0 bridgehead atoms. The van der Waals surface area contributed by atoms with Gasteiger partial charge in [-0.2, -0.15) is 0 Å². The lowest BCUT2D eigenvalue weighted by Crippen LogP contribution is -2.30. The number of benzene rings is 1. The van der Waals surface area contributed by atoms with Gasteiger partial charge in [-0.1, -0.05) is 11.3 Å². The van der Waals surface area contributed by atoms with E-state index in [1.165, 1.54) is 27.8 Å². The van der Waals surface area contributed by atoms with E-state index in [0.717, 1.165) is 0 Å². The number of nitro benzene ring substituents is 1. The summed E-state index contributed by atoms with van der Waals surface area (Å²) in [6.45, 7) is 2.12. The zero-order chi connectivity index (χ0) is 18.1. The van der Waals surface area contributed by atoms with Crippen molar-refractivity contribution in [3.05, 3.63) is 45.8 Å². The normalized spacial score (nSPS) is 16.8. The van der Waals surface area contributed by atoms with Crippen LogP contribution >= 0.6 is 0 Å². The first-order chi connectivity index (χ1) is 11.9. The number of likely N-dealkylation sites (tertiary alicyclic amines) is 1. The van der Waals surface area contributed by atoms with Crippen LogP contribution in [0.5, 0.6) is 0 Å². The third-order valence-corrected chi connectivity index (χ3v) is 4.21. The van der Waals surface area contributed by atoms with Crippen molar-refractivity contribution < 1.29 is 19.6 Å². The van der Waals surface area contributed by atoms with E-state index in [1.54, 1.807) is 13.0 Å². The van der Waals surface area contributed by atoms with Gasteiger partial charge >= 0.3 is 5.97 Å². The quantitative estimate of drug-likeness (QED) is 0.646. The van der Waals surface area contributed by atoms with Gasteiger partial charge in [0, 0.05) is 25.2 Å². The number of amides is 1. The first-order valence-corrected chi connectivity index (χ1v) is 7.57. The van der Waals surface area contributed by atoms with E-state index in [-0.39, 0.29) is 17.9 Å². The molecule has 3 rings (SSSR count). The zero-order valence-corrected chi connectivity index (χ0v) is 13.3.